The first-order valence-corrected chi connectivity index (χ1v) is 6.45. The highest BCUT2D eigenvalue weighted by Crippen LogP contribution is 2.18. The second-order valence-electron chi connectivity index (χ2n) is 4.61. The van der Waals surface area contributed by atoms with Gasteiger partial charge >= 0.3 is 0 Å². The van der Waals surface area contributed by atoms with Crippen molar-refractivity contribution in [3.8, 4) is 0 Å². The van der Waals surface area contributed by atoms with E-state index in [0.717, 1.165) is 12.6 Å². The van der Waals surface area contributed by atoms with Gasteiger partial charge in [-0.3, -0.25) is 0 Å². The van der Waals surface area contributed by atoms with Crippen LogP contribution in [0.3, 0.4) is 0 Å². The van der Waals surface area contributed by atoms with Gasteiger partial charge in [-0.2, -0.15) is 0 Å². The number of thiophene rings is 1. The molecule has 0 aromatic carbocycles. The minimum Gasteiger partial charge on any atom is -0.308 e. The third-order valence-corrected chi connectivity index (χ3v) is 4.25. The summed E-state index contributed by atoms with van der Waals surface area (Å²) < 4.78 is 0. The third-order valence-electron chi connectivity index (χ3n) is 3.25. The Morgan fingerprint density at radius 2 is 2.33 bits per heavy atom. The maximum atomic E-state index is 3.64. The Bertz CT molecular complexity index is 311. The fourth-order valence-corrected chi connectivity index (χ4v) is 3.01. The third kappa shape index (κ3) is 2.80. The van der Waals surface area contributed by atoms with Gasteiger partial charge in [-0.15, -0.1) is 11.3 Å². The zero-order valence-corrected chi connectivity index (χ0v) is 10.6. The Labute approximate surface area is 96.3 Å². The van der Waals surface area contributed by atoms with E-state index in [0.29, 0.717) is 6.04 Å². The molecule has 1 fully saturated rings. The summed E-state index contributed by atoms with van der Waals surface area (Å²) in [5.74, 6) is 0. The average Bonchev–Trinajstić information content (AvgIpc) is 2.72. The van der Waals surface area contributed by atoms with E-state index < -0.39 is 0 Å². The van der Waals surface area contributed by atoms with Gasteiger partial charge in [-0.05, 0) is 39.4 Å². The van der Waals surface area contributed by atoms with Crippen LogP contribution in [0.1, 0.15) is 23.1 Å². The van der Waals surface area contributed by atoms with Gasteiger partial charge in [0.25, 0.3) is 0 Å². The first-order chi connectivity index (χ1) is 7.15. The lowest BCUT2D eigenvalue weighted by molar-refractivity contribution is 0.326. The molecule has 0 radical (unpaired) electrons. The van der Waals surface area contributed by atoms with Crippen molar-refractivity contribution >= 4 is 11.3 Å². The van der Waals surface area contributed by atoms with Crippen LogP contribution in [0.2, 0.25) is 0 Å². The van der Waals surface area contributed by atoms with Crippen LogP contribution >= 0.6 is 11.3 Å². The molecule has 0 amide bonds. The summed E-state index contributed by atoms with van der Waals surface area (Å²) in [4.78, 5) is 5.29. The number of likely N-dealkylation sites (N-methyl/N-ethyl adjacent to an activating group) is 1. The van der Waals surface area contributed by atoms with Crippen LogP contribution in [-0.2, 0) is 6.54 Å². The second kappa shape index (κ2) is 4.64. The number of rotatable bonds is 3. The maximum Gasteiger partial charge on any atom is 0.0302 e. The first-order valence-electron chi connectivity index (χ1n) is 5.64. The lowest BCUT2D eigenvalue weighted by Gasteiger charge is -2.12. The summed E-state index contributed by atoms with van der Waals surface area (Å²) in [5.41, 5.74) is 0. The number of aryl methyl sites for hydroxylation is 1. The van der Waals surface area contributed by atoms with Gasteiger partial charge in [0.15, 0.2) is 0 Å². The van der Waals surface area contributed by atoms with Crippen molar-refractivity contribution in [2.24, 2.45) is 0 Å². The smallest absolute Gasteiger partial charge is 0.0302 e. The number of nitrogens with zero attached hydrogens (tertiary/aromatic N) is 1. The van der Waals surface area contributed by atoms with E-state index in [1.165, 1.54) is 22.7 Å². The molecular weight excluding hydrogens is 204 g/mol. The predicted octanol–water partition coefficient (Wildman–Crippen LogP) is 2.24. The van der Waals surface area contributed by atoms with Crippen LogP contribution in [0.4, 0.5) is 0 Å². The highest BCUT2D eigenvalue weighted by molar-refractivity contribution is 7.11. The van der Waals surface area contributed by atoms with Gasteiger partial charge in [0.2, 0.25) is 0 Å². The molecule has 1 aliphatic rings. The minimum absolute atomic E-state index is 0.674. The largest absolute Gasteiger partial charge is 0.308 e. The van der Waals surface area contributed by atoms with Crippen LogP contribution in [0, 0.1) is 6.92 Å². The summed E-state index contributed by atoms with van der Waals surface area (Å²) in [6, 6.07) is 5.83. The van der Waals surface area contributed by atoms with E-state index in [-0.39, 0.29) is 0 Å². The lowest BCUT2D eigenvalue weighted by Crippen LogP contribution is -2.30. The van der Waals surface area contributed by atoms with Crippen molar-refractivity contribution in [1.29, 1.82) is 0 Å². The molecule has 0 saturated carbocycles. The van der Waals surface area contributed by atoms with Gasteiger partial charge in [0.1, 0.15) is 0 Å². The molecule has 2 nitrogen and oxygen atoms in total. The fourth-order valence-electron chi connectivity index (χ4n) is 2.17. The molecule has 0 bridgehead atoms. The van der Waals surface area contributed by atoms with E-state index in [4.69, 9.17) is 0 Å². The molecule has 1 aromatic rings. The lowest BCUT2D eigenvalue weighted by atomic mass is 10.2. The van der Waals surface area contributed by atoms with Gasteiger partial charge in [-0.1, -0.05) is 0 Å². The molecule has 2 rings (SSSR count). The average molecular weight is 224 g/mol. The number of hydrogen-bond donors (Lipinski definition) is 1. The Kier molecular flexibility index (Phi) is 3.44. The van der Waals surface area contributed by atoms with E-state index >= 15 is 0 Å². The summed E-state index contributed by atoms with van der Waals surface area (Å²) in [7, 11) is 2.21. The van der Waals surface area contributed by atoms with Crippen molar-refractivity contribution in [2.75, 3.05) is 13.6 Å². The van der Waals surface area contributed by atoms with Crippen molar-refractivity contribution in [1.82, 2.24) is 10.2 Å². The molecule has 2 heterocycles. The second-order valence-corrected chi connectivity index (χ2v) is 5.99. The van der Waals surface area contributed by atoms with E-state index in [1.807, 2.05) is 11.3 Å². The summed E-state index contributed by atoms with van der Waals surface area (Å²) in [5, 5.41) is 3.64. The van der Waals surface area contributed by atoms with Gasteiger partial charge in [0, 0.05) is 34.9 Å². The fraction of sp³-hybridized carbons (Fsp3) is 0.667. The molecule has 2 atom stereocenters. The topological polar surface area (TPSA) is 15.3 Å². The molecule has 3 heteroatoms. The van der Waals surface area contributed by atoms with Crippen LogP contribution in [0.25, 0.3) is 0 Å². The SMILES string of the molecule is Cc1ccc(CNC2CC(C)N(C)C2)s1. The van der Waals surface area contributed by atoms with Crippen LogP contribution in [-0.4, -0.2) is 30.6 Å². The molecular formula is C12H20N2S. The Morgan fingerprint density at radius 3 is 2.87 bits per heavy atom. The standard InChI is InChI=1S/C12H20N2S/c1-9-6-11(8-14(9)3)13-7-12-5-4-10(2)15-12/h4-5,9,11,13H,6-8H2,1-3H3. The molecule has 84 valence electrons. The van der Waals surface area contributed by atoms with Gasteiger partial charge in [-0.25, -0.2) is 0 Å². The first kappa shape index (κ1) is 11.1. The van der Waals surface area contributed by atoms with E-state index in [9.17, 15) is 0 Å². The monoisotopic (exact) mass is 224 g/mol. The number of likely N-dealkylation sites (tertiary alicyclic amines) is 1. The highest BCUT2D eigenvalue weighted by Gasteiger charge is 2.25. The van der Waals surface area contributed by atoms with E-state index in [1.54, 1.807) is 0 Å². The molecule has 0 aliphatic carbocycles. The van der Waals surface area contributed by atoms with Crippen molar-refractivity contribution in [3.63, 3.8) is 0 Å². The van der Waals surface area contributed by atoms with Gasteiger partial charge in [0.05, 0.1) is 0 Å². The number of hydrogen-bond acceptors (Lipinski definition) is 3. The predicted molar refractivity (Wildman–Crippen MR) is 66.4 cm³/mol. The normalized spacial score (nSPS) is 27.4. The van der Waals surface area contributed by atoms with Crippen molar-refractivity contribution < 1.29 is 0 Å². The van der Waals surface area contributed by atoms with E-state index in [2.05, 4.69) is 43.2 Å². The Morgan fingerprint density at radius 1 is 1.53 bits per heavy atom. The highest BCUT2D eigenvalue weighted by atomic mass is 32.1. The Hall–Kier alpha value is -0.380. The quantitative estimate of drug-likeness (QED) is 0.847. The zero-order chi connectivity index (χ0) is 10.8. The zero-order valence-electron chi connectivity index (χ0n) is 9.79. The Balaban J connectivity index is 1.79. The van der Waals surface area contributed by atoms with Gasteiger partial charge < -0.3 is 10.2 Å². The molecule has 15 heavy (non-hydrogen) atoms. The molecule has 0 spiro atoms. The molecule has 1 N–H and O–H groups in total. The van der Waals surface area contributed by atoms with Crippen LogP contribution in [0.5, 0.6) is 0 Å². The molecule has 1 aliphatic heterocycles. The maximum absolute atomic E-state index is 3.64. The van der Waals surface area contributed by atoms with Crippen LogP contribution < -0.4 is 5.32 Å². The summed E-state index contributed by atoms with van der Waals surface area (Å²) in [6.07, 6.45) is 1.28. The summed E-state index contributed by atoms with van der Waals surface area (Å²) >= 11 is 1.90. The molecule has 2 unspecified atom stereocenters. The van der Waals surface area contributed by atoms with Crippen LogP contribution in [0.15, 0.2) is 12.1 Å². The molecule has 1 saturated heterocycles. The summed E-state index contributed by atoms with van der Waals surface area (Å²) in [6.45, 7) is 6.69. The van der Waals surface area contributed by atoms with Crippen molar-refractivity contribution in [3.05, 3.63) is 21.9 Å². The number of nitrogens with one attached hydrogen (secondary N) is 1. The molecule has 1 aromatic heterocycles. The minimum atomic E-state index is 0.674. The van der Waals surface area contributed by atoms with Crippen molar-refractivity contribution in [2.45, 2.75) is 38.9 Å².